The number of benzene rings is 1. The van der Waals surface area contributed by atoms with Crippen molar-refractivity contribution in [3.05, 3.63) is 47.4 Å². The van der Waals surface area contributed by atoms with Gasteiger partial charge in [-0.05, 0) is 51.2 Å². The predicted molar refractivity (Wildman–Crippen MR) is 132 cm³/mol. The van der Waals surface area contributed by atoms with E-state index in [2.05, 4.69) is 10.1 Å². The Morgan fingerprint density at radius 1 is 1.35 bits per heavy atom. The first-order valence-corrected chi connectivity index (χ1v) is 13.2. The van der Waals surface area contributed by atoms with Gasteiger partial charge in [0.05, 0.1) is 12.7 Å². The van der Waals surface area contributed by atoms with Crippen molar-refractivity contribution in [3.8, 4) is 5.75 Å². The number of ether oxygens (including phenoxy) is 2. The highest BCUT2D eigenvalue weighted by Gasteiger charge is 2.58. The van der Waals surface area contributed by atoms with Crippen LogP contribution in [0.2, 0.25) is 0 Å². The van der Waals surface area contributed by atoms with Gasteiger partial charge in [-0.15, -0.1) is 0 Å². The summed E-state index contributed by atoms with van der Waals surface area (Å²) in [5.41, 5.74) is 2.92. The zero-order valence-electron chi connectivity index (χ0n) is 20.3. The highest BCUT2D eigenvalue weighted by Crippen LogP contribution is 2.47. The largest absolute Gasteiger partial charge is 0.462 e. The molecule has 2 unspecified atom stereocenters. The third-order valence-electron chi connectivity index (χ3n) is 5.29. The summed E-state index contributed by atoms with van der Waals surface area (Å²) < 4.78 is 65.3. The summed E-state index contributed by atoms with van der Waals surface area (Å²) in [6.45, 7) is 2.39. The van der Waals surface area contributed by atoms with Gasteiger partial charge in [0.25, 0.3) is 0 Å². The molecule has 1 aromatic heterocycles. The van der Waals surface area contributed by atoms with Crippen molar-refractivity contribution in [2.75, 3.05) is 19.0 Å². The molecule has 1 saturated heterocycles. The minimum Gasteiger partial charge on any atom is -0.462 e. The van der Waals surface area contributed by atoms with Crippen molar-refractivity contribution >= 4 is 31.8 Å². The van der Waals surface area contributed by atoms with Gasteiger partial charge in [-0.3, -0.25) is 13.9 Å². The quantitative estimate of drug-likeness (QED) is 0.211. The van der Waals surface area contributed by atoms with Crippen LogP contribution >= 0.6 is 20.0 Å². The van der Waals surface area contributed by atoms with Crippen LogP contribution in [0.3, 0.4) is 0 Å². The maximum absolute atomic E-state index is 15.3. The fraction of sp³-hybridized carbons (Fsp3) is 0.500. The number of anilines is 1. The molecular formula is C22H29F2N4O7PS. The van der Waals surface area contributed by atoms with Crippen molar-refractivity contribution in [1.82, 2.24) is 14.6 Å². The number of carbonyl (C=O) groups excluding carboxylic acids is 1. The van der Waals surface area contributed by atoms with Crippen LogP contribution in [-0.2, 0) is 23.4 Å². The molecule has 0 spiro atoms. The number of esters is 1. The zero-order valence-corrected chi connectivity index (χ0v) is 22.0. The number of nitrogens with one attached hydrogen (secondary N) is 1. The number of rotatable bonds is 11. The van der Waals surface area contributed by atoms with Crippen LogP contribution in [0.1, 0.15) is 27.0 Å². The zero-order chi connectivity index (χ0) is 27.4. The lowest BCUT2D eigenvalue weighted by Crippen LogP contribution is -2.47. The number of nitrogen functional groups attached to an aromatic ring is 1. The summed E-state index contributed by atoms with van der Waals surface area (Å²) in [5, 5.41) is 13.2. The number of hydrogen-bond donors (Lipinski definition) is 3. The summed E-state index contributed by atoms with van der Waals surface area (Å²) in [6.07, 6.45) is -4.70. The molecule has 6 atom stereocenters. The molecule has 2 heterocycles. The summed E-state index contributed by atoms with van der Waals surface area (Å²) >= 11 is 5.09. The molecule has 37 heavy (non-hydrogen) atoms. The molecule has 11 nitrogen and oxygen atoms in total. The average Bonchev–Trinajstić information content (AvgIpc) is 3.08. The van der Waals surface area contributed by atoms with Gasteiger partial charge in [-0.2, -0.15) is 5.09 Å². The molecule has 0 amide bonds. The first-order chi connectivity index (χ1) is 17.4. The number of alkyl halides is 2. The Morgan fingerprint density at radius 3 is 2.62 bits per heavy atom. The van der Waals surface area contributed by atoms with E-state index in [1.54, 1.807) is 32.0 Å². The van der Waals surface area contributed by atoms with Gasteiger partial charge in [-0.25, -0.2) is 18.3 Å². The number of aromatic nitrogens is 2. The Kier molecular flexibility index (Phi) is 9.37. The van der Waals surface area contributed by atoms with Gasteiger partial charge < -0.3 is 24.8 Å². The van der Waals surface area contributed by atoms with Gasteiger partial charge in [0.1, 0.15) is 30.4 Å². The molecule has 1 aromatic carbocycles. The van der Waals surface area contributed by atoms with Crippen LogP contribution in [-0.4, -0.2) is 63.9 Å². The second-order valence-electron chi connectivity index (χ2n) is 8.63. The number of halogens is 2. The van der Waals surface area contributed by atoms with Crippen molar-refractivity contribution in [2.45, 2.75) is 57.0 Å². The first-order valence-electron chi connectivity index (χ1n) is 11.3. The normalized spacial score (nSPS) is 26.0. The SMILES string of the molecule is CC(C)OC(=O)[C@H](C)NP(=O)(OC[C@H]1O[C@@H](n2ccc(N)nc2=S)[C@@](O)(CF)C1F)Oc1ccccc1. The second-order valence-corrected chi connectivity index (χ2v) is 10.7. The molecule has 2 aromatic rings. The van der Waals surface area contributed by atoms with Crippen LogP contribution in [0, 0.1) is 4.77 Å². The standard InChI is InChI=1S/C22H29F2N4O7PS/c1-13(2)33-19(29)14(3)27-36(31,35-15-7-5-4-6-8-15)32-11-16-18(24)22(30,12-23)20(34-16)28-10-9-17(25)26-21(28)37/h4-10,13-14,16,18,20,30H,11-12H2,1-3H3,(H,27,31)(H2,25,26,37)/t14-,16+,18?,20+,22+,36?/m0/s1. The van der Waals surface area contributed by atoms with E-state index in [0.29, 0.717) is 0 Å². The smallest absolute Gasteiger partial charge is 0.459 e. The van der Waals surface area contributed by atoms with Crippen LogP contribution in [0.4, 0.5) is 14.6 Å². The van der Waals surface area contributed by atoms with Crippen molar-refractivity contribution in [1.29, 1.82) is 0 Å². The van der Waals surface area contributed by atoms with E-state index >= 15 is 4.39 Å². The molecule has 0 radical (unpaired) electrons. The number of nitrogens with zero attached hydrogens (tertiary/aromatic N) is 2. The molecule has 1 aliphatic rings. The lowest BCUT2D eigenvalue weighted by molar-refractivity contribution is -0.149. The Balaban J connectivity index is 1.82. The minimum absolute atomic E-state index is 0.0647. The monoisotopic (exact) mass is 562 g/mol. The van der Waals surface area contributed by atoms with Gasteiger partial charge in [0.2, 0.25) is 4.77 Å². The second kappa shape index (κ2) is 11.9. The van der Waals surface area contributed by atoms with E-state index in [9.17, 15) is 18.9 Å². The Bertz CT molecular complexity index is 1190. The van der Waals surface area contributed by atoms with Crippen LogP contribution in [0.15, 0.2) is 42.6 Å². The maximum atomic E-state index is 15.3. The van der Waals surface area contributed by atoms with Crippen molar-refractivity contribution in [3.63, 3.8) is 0 Å². The molecule has 0 aliphatic carbocycles. The Hall–Kier alpha value is -2.48. The molecule has 15 heteroatoms. The predicted octanol–water partition coefficient (Wildman–Crippen LogP) is 3.26. The van der Waals surface area contributed by atoms with E-state index < -0.39 is 63.2 Å². The minimum atomic E-state index is -4.36. The van der Waals surface area contributed by atoms with Gasteiger partial charge >= 0.3 is 13.7 Å². The van der Waals surface area contributed by atoms with Crippen LogP contribution in [0.25, 0.3) is 0 Å². The summed E-state index contributed by atoms with van der Waals surface area (Å²) in [6, 6.07) is 8.09. The molecule has 3 rings (SSSR count). The number of aliphatic hydroxyl groups is 1. The van der Waals surface area contributed by atoms with E-state index in [4.69, 9.17) is 36.5 Å². The Labute approximate surface area is 217 Å². The first kappa shape index (κ1) is 29.1. The Morgan fingerprint density at radius 2 is 2.03 bits per heavy atom. The van der Waals surface area contributed by atoms with E-state index in [1.165, 1.54) is 31.3 Å². The number of para-hydroxylation sites is 1. The van der Waals surface area contributed by atoms with E-state index in [-0.39, 0.29) is 16.3 Å². The molecule has 1 aliphatic heterocycles. The van der Waals surface area contributed by atoms with Crippen LogP contribution in [0.5, 0.6) is 5.75 Å². The molecular weight excluding hydrogens is 533 g/mol. The third kappa shape index (κ3) is 6.89. The molecule has 0 saturated carbocycles. The summed E-state index contributed by atoms with van der Waals surface area (Å²) in [5.74, 6) is -0.535. The molecule has 204 valence electrons. The molecule has 1 fully saturated rings. The highest BCUT2D eigenvalue weighted by atomic mass is 32.1. The van der Waals surface area contributed by atoms with Crippen LogP contribution < -0.4 is 15.3 Å². The topological polar surface area (TPSA) is 147 Å². The lowest BCUT2D eigenvalue weighted by atomic mass is 9.97. The van der Waals surface area contributed by atoms with Gasteiger partial charge in [-0.1, -0.05) is 18.2 Å². The van der Waals surface area contributed by atoms with Crippen molar-refractivity contribution < 1.29 is 41.8 Å². The number of nitrogens with two attached hydrogens (primary N) is 1. The maximum Gasteiger partial charge on any atom is 0.459 e. The average molecular weight is 563 g/mol. The van der Waals surface area contributed by atoms with Gasteiger partial charge in [0.15, 0.2) is 18.0 Å². The third-order valence-corrected chi connectivity index (χ3v) is 7.23. The molecule has 0 bridgehead atoms. The van der Waals surface area contributed by atoms with Gasteiger partial charge in [0, 0.05) is 6.20 Å². The highest BCUT2D eigenvalue weighted by molar-refractivity contribution is 7.71. The fourth-order valence-electron chi connectivity index (χ4n) is 3.49. The van der Waals surface area contributed by atoms with E-state index in [1.807, 2.05) is 0 Å². The number of hydrogen-bond acceptors (Lipinski definition) is 10. The summed E-state index contributed by atoms with van der Waals surface area (Å²) in [7, 11) is -4.36. The summed E-state index contributed by atoms with van der Waals surface area (Å²) in [4.78, 5) is 16.1. The molecule has 4 N–H and O–H groups in total. The van der Waals surface area contributed by atoms with Crippen molar-refractivity contribution in [2.24, 2.45) is 0 Å². The van der Waals surface area contributed by atoms with E-state index in [0.717, 1.165) is 4.57 Å². The number of carbonyl (C=O) groups is 1. The lowest BCUT2D eigenvalue weighted by Gasteiger charge is -2.28. The fourth-order valence-corrected chi connectivity index (χ4v) is 5.25.